The number of hydrogen-bond acceptors (Lipinski definition) is 3. The Labute approximate surface area is 131 Å². The molecule has 0 aliphatic rings. The van der Waals surface area contributed by atoms with Crippen LogP contribution in [0.5, 0.6) is 5.75 Å². The van der Waals surface area contributed by atoms with E-state index in [4.69, 9.17) is 4.74 Å². The average Bonchev–Trinajstić information content (AvgIpc) is 2.96. The Morgan fingerprint density at radius 2 is 2.18 bits per heavy atom. The molecule has 0 aliphatic carbocycles. The van der Waals surface area contributed by atoms with Gasteiger partial charge in [0.1, 0.15) is 5.75 Å². The van der Waals surface area contributed by atoms with Crippen LogP contribution in [0.2, 0.25) is 0 Å². The largest absolute Gasteiger partial charge is 0.497 e. The minimum Gasteiger partial charge on any atom is -0.497 e. The first-order valence-electron chi connectivity index (χ1n) is 7.34. The highest BCUT2D eigenvalue weighted by molar-refractivity contribution is 5.79. The Kier molecular flexibility index (Phi) is 5.82. The monoisotopic (exact) mass is 301 g/mol. The van der Waals surface area contributed by atoms with E-state index in [0.717, 1.165) is 29.4 Å². The molecule has 22 heavy (non-hydrogen) atoms. The normalized spacial score (nSPS) is 11.3. The molecule has 0 bridgehead atoms. The topological polar surface area (TPSA) is 63.5 Å². The minimum atomic E-state index is 0.598. The van der Waals surface area contributed by atoms with Crippen molar-refractivity contribution in [2.24, 2.45) is 12.0 Å². The van der Waals surface area contributed by atoms with Gasteiger partial charge in [-0.05, 0) is 24.6 Å². The van der Waals surface area contributed by atoms with E-state index in [0.29, 0.717) is 13.1 Å². The minimum absolute atomic E-state index is 0.598. The third-order valence-corrected chi connectivity index (χ3v) is 3.12. The van der Waals surface area contributed by atoms with E-state index < -0.39 is 0 Å². The molecule has 0 atom stereocenters. The van der Waals surface area contributed by atoms with Gasteiger partial charge in [-0.25, -0.2) is 4.99 Å². The van der Waals surface area contributed by atoms with Gasteiger partial charge in [-0.3, -0.25) is 4.68 Å². The summed E-state index contributed by atoms with van der Waals surface area (Å²) in [5, 5.41) is 10.7. The summed E-state index contributed by atoms with van der Waals surface area (Å²) in [4.78, 5) is 4.56. The molecular formula is C16H23N5O. The van der Waals surface area contributed by atoms with Gasteiger partial charge in [0.25, 0.3) is 0 Å². The van der Waals surface area contributed by atoms with Crippen molar-refractivity contribution in [2.75, 3.05) is 13.7 Å². The molecule has 6 heteroatoms. The summed E-state index contributed by atoms with van der Waals surface area (Å²) in [6.07, 6.45) is 3.80. The summed E-state index contributed by atoms with van der Waals surface area (Å²) in [6.45, 7) is 4.15. The number of aryl methyl sites for hydroxylation is 1. The van der Waals surface area contributed by atoms with E-state index in [-0.39, 0.29) is 0 Å². The molecule has 0 aliphatic heterocycles. The van der Waals surface area contributed by atoms with Crippen molar-refractivity contribution in [3.05, 3.63) is 47.8 Å². The molecule has 1 aromatic heterocycles. The van der Waals surface area contributed by atoms with Crippen LogP contribution in [-0.4, -0.2) is 29.4 Å². The number of nitrogens with zero attached hydrogens (tertiary/aromatic N) is 3. The lowest BCUT2D eigenvalue weighted by Crippen LogP contribution is -2.36. The number of rotatable bonds is 6. The molecule has 0 unspecified atom stereocenters. The number of benzene rings is 1. The summed E-state index contributed by atoms with van der Waals surface area (Å²) in [6, 6.07) is 7.98. The van der Waals surface area contributed by atoms with Crippen molar-refractivity contribution in [3.8, 4) is 5.75 Å². The molecule has 2 N–H and O–H groups in total. The second-order valence-corrected chi connectivity index (χ2v) is 4.92. The number of hydrogen-bond donors (Lipinski definition) is 2. The van der Waals surface area contributed by atoms with Crippen LogP contribution >= 0.6 is 0 Å². The number of aromatic nitrogens is 2. The first kappa shape index (κ1) is 15.9. The van der Waals surface area contributed by atoms with Gasteiger partial charge >= 0.3 is 0 Å². The standard InChI is InChI=1S/C16H23N5O/c1-4-17-16(19-10-14-11-20-21(2)12-14)18-9-13-6-5-7-15(8-13)22-3/h5-8,11-12H,4,9-10H2,1-3H3,(H2,17,18,19). The van der Waals surface area contributed by atoms with E-state index >= 15 is 0 Å². The van der Waals surface area contributed by atoms with Crippen LogP contribution in [0.4, 0.5) is 0 Å². The molecule has 2 rings (SSSR count). The highest BCUT2D eigenvalue weighted by Gasteiger charge is 2.01. The fraction of sp³-hybridized carbons (Fsp3) is 0.375. The van der Waals surface area contributed by atoms with E-state index in [9.17, 15) is 0 Å². The molecule has 6 nitrogen and oxygen atoms in total. The van der Waals surface area contributed by atoms with Gasteiger partial charge in [0.2, 0.25) is 0 Å². The zero-order valence-corrected chi connectivity index (χ0v) is 13.3. The van der Waals surface area contributed by atoms with Gasteiger partial charge in [-0.2, -0.15) is 5.10 Å². The molecule has 0 amide bonds. The third-order valence-electron chi connectivity index (χ3n) is 3.12. The fourth-order valence-corrected chi connectivity index (χ4v) is 2.03. The summed E-state index contributed by atoms with van der Waals surface area (Å²) in [5.41, 5.74) is 2.23. The van der Waals surface area contributed by atoms with Crippen LogP contribution in [0.25, 0.3) is 0 Å². The van der Waals surface area contributed by atoms with Crippen LogP contribution in [0.1, 0.15) is 18.1 Å². The Morgan fingerprint density at radius 1 is 1.32 bits per heavy atom. The van der Waals surface area contributed by atoms with Crippen molar-refractivity contribution >= 4 is 5.96 Å². The van der Waals surface area contributed by atoms with Gasteiger partial charge in [0, 0.05) is 31.9 Å². The van der Waals surface area contributed by atoms with E-state index in [1.807, 2.05) is 44.6 Å². The van der Waals surface area contributed by atoms with Crippen LogP contribution in [0, 0.1) is 0 Å². The van der Waals surface area contributed by atoms with Crippen molar-refractivity contribution < 1.29 is 4.74 Å². The van der Waals surface area contributed by atoms with Crippen molar-refractivity contribution in [1.29, 1.82) is 0 Å². The quantitative estimate of drug-likeness (QED) is 0.629. The zero-order valence-electron chi connectivity index (χ0n) is 13.3. The highest BCUT2D eigenvalue weighted by Crippen LogP contribution is 2.12. The van der Waals surface area contributed by atoms with Crippen molar-refractivity contribution in [2.45, 2.75) is 20.0 Å². The Bertz CT molecular complexity index is 621. The molecule has 1 aromatic carbocycles. The molecule has 0 saturated carbocycles. The van der Waals surface area contributed by atoms with Crippen molar-refractivity contribution in [3.63, 3.8) is 0 Å². The second kappa shape index (κ2) is 8.07. The second-order valence-electron chi connectivity index (χ2n) is 4.92. The Balaban J connectivity index is 1.95. The number of ether oxygens (including phenoxy) is 1. The Hall–Kier alpha value is -2.50. The van der Waals surface area contributed by atoms with E-state index in [1.54, 1.807) is 11.8 Å². The number of guanidine groups is 1. The molecule has 2 aromatic rings. The van der Waals surface area contributed by atoms with Crippen molar-refractivity contribution in [1.82, 2.24) is 20.4 Å². The molecule has 1 heterocycles. The third kappa shape index (κ3) is 4.80. The molecule has 0 fully saturated rings. The zero-order chi connectivity index (χ0) is 15.8. The van der Waals surface area contributed by atoms with Crippen LogP contribution in [-0.2, 0) is 20.1 Å². The molecule has 0 saturated heterocycles. The van der Waals surface area contributed by atoms with Crippen LogP contribution in [0.3, 0.4) is 0 Å². The summed E-state index contributed by atoms with van der Waals surface area (Å²) in [5.74, 6) is 1.64. The van der Waals surface area contributed by atoms with Crippen LogP contribution < -0.4 is 15.4 Å². The number of methoxy groups -OCH3 is 1. The molecule has 0 spiro atoms. The van der Waals surface area contributed by atoms with Gasteiger partial charge in [0.05, 0.1) is 19.9 Å². The SMILES string of the molecule is CCNC(=NCc1cnn(C)c1)NCc1cccc(OC)c1. The Morgan fingerprint density at radius 3 is 2.86 bits per heavy atom. The van der Waals surface area contributed by atoms with E-state index in [2.05, 4.69) is 26.8 Å². The molecule has 0 radical (unpaired) electrons. The number of nitrogens with one attached hydrogen (secondary N) is 2. The maximum Gasteiger partial charge on any atom is 0.191 e. The van der Waals surface area contributed by atoms with Gasteiger partial charge in [-0.1, -0.05) is 12.1 Å². The maximum absolute atomic E-state index is 5.23. The lowest BCUT2D eigenvalue weighted by atomic mass is 10.2. The van der Waals surface area contributed by atoms with Crippen LogP contribution in [0.15, 0.2) is 41.7 Å². The first-order chi connectivity index (χ1) is 10.7. The lowest BCUT2D eigenvalue weighted by Gasteiger charge is -2.11. The van der Waals surface area contributed by atoms with Gasteiger partial charge in [-0.15, -0.1) is 0 Å². The average molecular weight is 301 g/mol. The van der Waals surface area contributed by atoms with E-state index in [1.165, 1.54) is 0 Å². The predicted octanol–water partition coefficient (Wildman–Crippen LogP) is 1.68. The van der Waals surface area contributed by atoms with Gasteiger partial charge in [0.15, 0.2) is 5.96 Å². The van der Waals surface area contributed by atoms with Gasteiger partial charge < -0.3 is 15.4 Å². The summed E-state index contributed by atoms with van der Waals surface area (Å²) in [7, 11) is 3.57. The first-order valence-corrected chi connectivity index (χ1v) is 7.34. The highest BCUT2D eigenvalue weighted by atomic mass is 16.5. The smallest absolute Gasteiger partial charge is 0.191 e. The molecular weight excluding hydrogens is 278 g/mol. The maximum atomic E-state index is 5.23. The summed E-state index contributed by atoms with van der Waals surface area (Å²) < 4.78 is 7.01. The summed E-state index contributed by atoms with van der Waals surface area (Å²) >= 11 is 0. The fourth-order valence-electron chi connectivity index (χ4n) is 2.03. The molecule has 118 valence electrons. The number of aliphatic imine (C=N–C) groups is 1. The lowest BCUT2D eigenvalue weighted by molar-refractivity contribution is 0.414. The predicted molar refractivity (Wildman–Crippen MR) is 87.9 cm³/mol.